The quantitative estimate of drug-likeness (QED) is 0.297. The molecule has 0 atom stereocenters. The molecule has 166 valence electrons. The van der Waals surface area contributed by atoms with Crippen LogP contribution in [0.1, 0.15) is 39.2 Å². The van der Waals surface area contributed by atoms with Crippen LogP contribution in [0.5, 0.6) is 0 Å². The number of likely N-dealkylation sites (tertiary alicyclic amines) is 1. The highest BCUT2D eigenvalue weighted by Gasteiger charge is 2.25. The van der Waals surface area contributed by atoms with Crippen molar-refractivity contribution in [3.8, 4) is 0 Å². The Hall–Kier alpha value is -0.740. The predicted molar refractivity (Wildman–Crippen MR) is 124 cm³/mol. The number of benzene rings is 1. The molecule has 1 aliphatic rings. The maximum atomic E-state index is 13.3. The largest absolute Gasteiger partial charge is 0.357 e. The van der Waals surface area contributed by atoms with E-state index < -0.39 is 6.43 Å². The molecule has 0 unspecified atom stereocenters. The van der Waals surface area contributed by atoms with Crippen LogP contribution in [0.25, 0.3) is 0 Å². The third-order valence-corrected chi connectivity index (χ3v) is 5.27. The first kappa shape index (κ1) is 26.3. The van der Waals surface area contributed by atoms with Gasteiger partial charge in [-0.1, -0.05) is 31.5 Å². The Morgan fingerprint density at radius 3 is 2.52 bits per heavy atom. The minimum absolute atomic E-state index is 0. The summed E-state index contributed by atoms with van der Waals surface area (Å²) in [5, 5.41) is 7.04. The smallest absolute Gasteiger partial charge is 0.251 e. The van der Waals surface area contributed by atoms with Gasteiger partial charge >= 0.3 is 0 Å². The van der Waals surface area contributed by atoms with E-state index in [2.05, 4.69) is 10.6 Å². The van der Waals surface area contributed by atoms with Gasteiger partial charge in [-0.2, -0.15) is 0 Å². The van der Waals surface area contributed by atoms with Crippen molar-refractivity contribution in [3.63, 3.8) is 0 Å². The molecule has 0 saturated carbocycles. The standard InChI is InChI=1S/C20H30ClF3N4.HI/c1-4-25-19(27-15-7-9-28(10-8-15)12-18(23)24)26-13-20(2,3)16-6-5-14(22)11-17(16)21;/h5-6,11,15,18H,4,7-10,12-13H2,1-3H3,(H2,25,26,27);1H. The summed E-state index contributed by atoms with van der Waals surface area (Å²) in [5.74, 6) is 0.336. The van der Waals surface area contributed by atoms with Crippen molar-refractivity contribution < 1.29 is 13.2 Å². The van der Waals surface area contributed by atoms with Crippen LogP contribution >= 0.6 is 35.6 Å². The average Bonchev–Trinajstić information content (AvgIpc) is 2.61. The van der Waals surface area contributed by atoms with E-state index in [1.165, 1.54) is 12.1 Å². The van der Waals surface area contributed by atoms with Crippen molar-refractivity contribution in [2.45, 2.75) is 51.5 Å². The van der Waals surface area contributed by atoms with Gasteiger partial charge < -0.3 is 10.6 Å². The molecule has 1 fully saturated rings. The molecular weight excluding hydrogens is 516 g/mol. The van der Waals surface area contributed by atoms with E-state index in [9.17, 15) is 13.2 Å². The van der Waals surface area contributed by atoms with Gasteiger partial charge in [-0.15, -0.1) is 24.0 Å². The fourth-order valence-electron chi connectivity index (χ4n) is 3.37. The molecule has 1 aliphatic heterocycles. The molecule has 2 N–H and O–H groups in total. The second-order valence-electron chi connectivity index (χ2n) is 7.81. The maximum Gasteiger partial charge on any atom is 0.251 e. The number of nitrogens with zero attached hydrogens (tertiary/aromatic N) is 2. The molecule has 4 nitrogen and oxygen atoms in total. The van der Waals surface area contributed by atoms with Crippen LogP contribution in [0.3, 0.4) is 0 Å². The van der Waals surface area contributed by atoms with E-state index in [1.54, 1.807) is 11.0 Å². The lowest BCUT2D eigenvalue weighted by Crippen LogP contribution is -2.49. The van der Waals surface area contributed by atoms with Gasteiger partial charge in [-0.05, 0) is 37.5 Å². The summed E-state index contributed by atoms with van der Waals surface area (Å²) in [5.41, 5.74) is 0.476. The van der Waals surface area contributed by atoms with Crippen molar-refractivity contribution >= 4 is 41.5 Å². The van der Waals surface area contributed by atoms with E-state index in [1.807, 2.05) is 20.8 Å². The maximum absolute atomic E-state index is 13.3. The van der Waals surface area contributed by atoms with Crippen LogP contribution in [0.2, 0.25) is 5.02 Å². The summed E-state index contributed by atoms with van der Waals surface area (Å²) in [6, 6.07) is 4.62. The normalized spacial score (nSPS) is 16.6. The summed E-state index contributed by atoms with van der Waals surface area (Å²) in [6.45, 7) is 8.35. The van der Waals surface area contributed by atoms with Crippen LogP contribution in [0.15, 0.2) is 23.2 Å². The summed E-state index contributed by atoms with van der Waals surface area (Å²) in [7, 11) is 0. The number of halogens is 5. The van der Waals surface area contributed by atoms with Crippen molar-refractivity contribution in [1.29, 1.82) is 0 Å². The van der Waals surface area contributed by atoms with Crippen LogP contribution in [0.4, 0.5) is 13.2 Å². The van der Waals surface area contributed by atoms with Gasteiger partial charge in [0.25, 0.3) is 6.43 Å². The molecule has 2 rings (SSSR count). The first-order chi connectivity index (χ1) is 13.2. The van der Waals surface area contributed by atoms with Crippen molar-refractivity contribution in [2.75, 3.05) is 32.7 Å². The zero-order valence-electron chi connectivity index (χ0n) is 17.2. The first-order valence-corrected chi connectivity index (χ1v) is 10.1. The highest BCUT2D eigenvalue weighted by Crippen LogP contribution is 2.30. The molecule has 9 heteroatoms. The number of hydrogen-bond donors (Lipinski definition) is 2. The van der Waals surface area contributed by atoms with Crippen molar-refractivity contribution in [1.82, 2.24) is 15.5 Å². The number of rotatable bonds is 7. The second-order valence-corrected chi connectivity index (χ2v) is 8.22. The Kier molecular flexibility index (Phi) is 11.1. The first-order valence-electron chi connectivity index (χ1n) is 9.72. The van der Waals surface area contributed by atoms with Crippen molar-refractivity contribution in [3.05, 3.63) is 34.6 Å². The summed E-state index contributed by atoms with van der Waals surface area (Å²) >= 11 is 6.22. The zero-order chi connectivity index (χ0) is 20.7. The van der Waals surface area contributed by atoms with Crippen LogP contribution < -0.4 is 10.6 Å². The van der Waals surface area contributed by atoms with Gasteiger partial charge in [0.1, 0.15) is 5.82 Å². The fraction of sp³-hybridized carbons (Fsp3) is 0.650. The minimum atomic E-state index is -2.29. The average molecular weight is 547 g/mol. The van der Waals surface area contributed by atoms with Crippen molar-refractivity contribution in [2.24, 2.45) is 4.99 Å². The van der Waals surface area contributed by atoms with Gasteiger partial charge in [0.2, 0.25) is 0 Å². The second kappa shape index (κ2) is 12.2. The molecule has 0 amide bonds. The van der Waals surface area contributed by atoms with Gasteiger partial charge in [0.15, 0.2) is 5.96 Å². The Labute approximate surface area is 193 Å². The molecule has 0 aliphatic carbocycles. The summed E-state index contributed by atoms with van der Waals surface area (Å²) in [4.78, 5) is 6.49. The monoisotopic (exact) mass is 546 g/mol. The van der Waals surface area contributed by atoms with Crippen LogP contribution in [-0.4, -0.2) is 56.1 Å². The zero-order valence-corrected chi connectivity index (χ0v) is 20.2. The summed E-state index contributed by atoms with van der Waals surface area (Å²) in [6.07, 6.45) is -0.696. The molecule has 0 aromatic heterocycles. The Balaban J connectivity index is 0.00000420. The number of hydrogen-bond acceptors (Lipinski definition) is 2. The van der Waals surface area contributed by atoms with Gasteiger partial charge in [0.05, 0.1) is 13.1 Å². The number of piperidine rings is 1. The predicted octanol–water partition coefficient (Wildman–Crippen LogP) is 4.66. The molecule has 1 saturated heterocycles. The van der Waals surface area contributed by atoms with E-state index >= 15 is 0 Å². The Bertz CT molecular complexity index is 665. The lowest BCUT2D eigenvalue weighted by Gasteiger charge is -2.33. The Morgan fingerprint density at radius 2 is 1.97 bits per heavy atom. The molecular formula is C20H31ClF3IN4. The molecule has 1 aromatic rings. The van der Waals surface area contributed by atoms with Crippen LogP contribution in [-0.2, 0) is 5.41 Å². The van der Waals surface area contributed by atoms with Crippen LogP contribution in [0, 0.1) is 5.82 Å². The highest BCUT2D eigenvalue weighted by molar-refractivity contribution is 14.0. The molecule has 0 bridgehead atoms. The van der Waals surface area contributed by atoms with E-state index in [0.29, 0.717) is 37.2 Å². The SMILES string of the molecule is CCNC(=NCC(C)(C)c1ccc(F)cc1Cl)NC1CCN(CC(F)F)CC1.I. The van der Waals surface area contributed by atoms with E-state index in [4.69, 9.17) is 16.6 Å². The number of alkyl halides is 2. The lowest BCUT2D eigenvalue weighted by molar-refractivity contribution is 0.0744. The fourth-order valence-corrected chi connectivity index (χ4v) is 3.79. The third kappa shape index (κ3) is 8.49. The summed E-state index contributed by atoms with van der Waals surface area (Å²) < 4.78 is 38.4. The molecule has 1 heterocycles. The highest BCUT2D eigenvalue weighted by atomic mass is 127. The molecule has 29 heavy (non-hydrogen) atoms. The third-order valence-electron chi connectivity index (χ3n) is 4.96. The minimum Gasteiger partial charge on any atom is -0.357 e. The molecule has 0 spiro atoms. The Morgan fingerprint density at radius 1 is 1.31 bits per heavy atom. The van der Waals surface area contributed by atoms with E-state index in [-0.39, 0.29) is 47.8 Å². The number of nitrogens with one attached hydrogen (secondary N) is 2. The number of guanidine groups is 1. The topological polar surface area (TPSA) is 39.7 Å². The van der Waals surface area contributed by atoms with E-state index in [0.717, 1.165) is 18.4 Å². The number of aliphatic imine (C=N–C) groups is 1. The van der Waals surface area contributed by atoms with Gasteiger partial charge in [-0.25, -0.2) is 13.2 Å². The lowest BCUT2D eigenvalue weighted by atomic mass is 9.84. The molecule has 1 aromatic carbocycles. The molecule has 0 radical (unpaired) electrons. The van der Waals surface area contributed by atoms with Gasteiger partial charge in [0, 0.05) is 36.1 Å². The van der Waals surface area contributed by atoms with Gasteiger partial charge in [-0.3, -0.25) is 9.89 Å².